The minimum Gasteiger partial charge on any atom is -0.463 e. The molecule has 1 amide bonds. The van der Waals surface area contributed by atoms with Crippen LogP contribution in [0.2, 0.25) is 0 Å². The quantitative estimate of drug-likeness (QED) is 0.765. The number of carbonyl (C=O) groups excluding carboxylic acids is 2. The molecule has 0 aliphatic carbocycles. The molecule has 0 spiro atoms. The van der Waals surface area contributed by atoms with Crippen LogP contribution in [0.4, 0.5) is 13.6 Å². The standard InChI is InChI=1S/C19H19F2NO4/c1-2-25-18(23)12-26-19(24)22-10-9-14-3-4-15(11-17(14)21)13-5-7-16(20)8-6-13/h3-8,11H,2,9-10,12H2,1H3,(H,22,24). The van der Waals surface area contributed by atoms with Gasteiger partial charge in [-0.15, -0.1) is 0 Å². The van der Waals surface area contributed by atoms with E-state index < -0.39 is 24.5 Å². The van der Waals surface area contributed by atoms with Crippen molar-refractivity contribution < 1.29 is 27.8 Å². The maximum absolute atomic E-state index is 14.2. The second-order valence-electron chi connectivity index (χ2n) is 5.37. The highest BCUT2D eigenvalue weighted by Gasteiger charge is 2.09. The first-order chi connectivity index (χ1) is 12.5. The number of halogens is 2. The second kappa shape index (κ2) is 9.50. The number of hydrogen-bond acceptors (Lipinski definition) is 4. The van der Waals surface area contributed by atoms with E-state index in [1.807, 2.05) is 0 Å². The first-order valence-electron chi connectivity index (χ1n) is 8.10. The fourth-order valence-electron chi connectivity index (χ4n) is 2.25. The molecule has 5 nitrogen and oxygen atoms in total. The lowest BCUT2D eigenvalue weighted by atomic mass is 10.0. The summed E-state index contributed by atoms with van der Waals surface area (Å²) in [5.41, 5.74) is 1.76. The Morgan fingerprint density at radius 3 is 2.35 bits per heavy atom. The molecule has 0 aliphatic rings. The van der Waals surface area contributed by atoms with Gasteiger partial charge in [0.1, 0.15) is 11.6 Å². The fourth-order valence-corrected chi connectivity index (χ4v) is 2.25. The lowest BCUT2D eigenvalue weighted by molar-refractivity contribution is -0.146. The van der Waals surface area contributed by atoms with Crippen LogP contribution in [0.25, 0.3) is 11.1 Å². The number of esters is 1. The van der Waals surface area contributed by atoms with Crippen LogP contribution in [0.5, 0.6) is 0 Å². The Kier molecular flexibility index (Phi) is 7.08. The van der Waals surface area contributed by atoms with Gasteiger partial charge in [0.2, 0.25) is 0 Å². The van der Waals surface area contributed by atoms with Gasteiger partial charge < -0.3 is 14.8 Å². The molecule has 0 radical (unpaired) electrons. The van der Waals surface area contributed by atoms with E-state index in [1.54, 1.807) is 31.2 Å². The number of rotatable bonds is 7. The van der Waals surface area contributed by atoms with E-state index in [4.69, 9.17) is 0 Å². The van der Waals surface area contributed by atoms with Crippen molar-refractivity contribution in [3.05, 3.63) is 59.7 Å². The summed E-state index contributed by atoms with van der Waals surface area (Å²) in [5, 5.41) is 2.43. The summed E-state index contributed by atoms with van der Waals surface area (Å²) in [6, 6.07) is 10.5. The Morgan fingerprint density at radius 2 is 1.69 bits per heavy atom. The molecule has 26 heavy (non-hydrogen) atoms. The van der Waals surface area contributed by atoms with Crippen LogP contribution in [0, 0.1) is 11.6 Å². The van der Waals surface area contributed by atoms with Crippen molar-refractivity contribution in [1.29, 1.82) is 0 Å². The van der Waals surface area contributed by atoms with Gasteiger partial charge in [-0.3, -0.25) is 0 Å². The summed E-state index contributed by atoms with van der Waals surface area (Å²) in [6.45, 7) is 1.53. The third-order valence-electron chi connectivity index (χ3n) is 3.52. The zero-order valence-corrected chi connectivity index (χ0v) is 14.3. The van der Waals surface area contributed by atoms with Crippen molar-refractivity contribution in [3.8, 4) is 11.1 Å². The number of ether oxygens (including phenoxy) is 2. The molecule has 0 saturated carbocycles. The smallest absolute Gasteiger partial charge is 0.407 e. The summed E-state index contributed by atoms with van der Waals surface area (Å²) < 4.78 is 36.4. The molecule has 138 valence electrons. The van der Waals surface area contributed by atoms with Crippen molar-refractivity contribution >= 4 is 12.1 Å². The van der Waals surface area contributed by atoms with Gasteiger partial charge in [0.05, 0.1) is 6.61 Å². The summed E-state index contributed by atoms with van der Waals surface area (Å²) in [6.07, 6.45) is -0.522. The minimum atomic E-state index is -0.776. The van der Waals surface area contributed by atoms with Crippen molar-refractivity contribution in [2.24, 2.45) is 0 Å². The number of amides is 1. The van der Waals surface area contributed by atoms with Gasteiger partial charge in [0, 0.05) is 6.54 Å². The predicted molar refractivity (Wildman–Crippen MR) is 91.5 cm³/mol. The van der Waals surface area contributed by atoms with Gasteiger partial charge in [-0.05, 0) is 48.2 Å². The molecular formula is C19H19F2NO4. The Balaban J connectivity index is 1.84. The van der Waals surface area contributed by atoms with E-state index in [-0.39, 0.29) is 25.4 Å². The topological polar surface area (TPSA) is 64.6 Å². The first-order valence-corrected chi connectivity index (χ1v) is 8.10. The Labute approximate surface area is 149 Å². The van der Waals surface area contributed by atoms with Crippen LogP contribution in [0.3, 0.4) is 0 Å². The van der Waals surface area contributed by atoms with E-state index in [9.17, 15) is 18.4 Å². The molecule has 0 heterocycles. The Morgan fingerprint density at radius 1 is 1.00 bits per heavy atom. The third-order valence-corrected chi connectivity index (χ3v) is 3.52. The van der Waals surface area contributed by atoms with E-state index in [0.29, 0.717) is 16.7 Å². The van der Waals surface area contributed by atoms with Crippen LogP contribution in [0.1, 0.15) is 12.5 Å². The van der Waals surface area contributed by atoms with Crippen molar-refractivity contribution in [1.82, 2.24) is 5.32 Å². The maximum Gasteiger partial charge on any atom is 0.407 e. The minimum absolute atomic E-state index is 0.147. The summed E-state index contributed by atoms with van der Waals surface area (Å²) in [4.78, 5) is 22.5. The van der Waals surface area contributed by atoms with E-state index in [0.717, 1.165) is 0 Å². The zero-order valence-electron chi connectivity index (χ0n) is 14.3. The lowest BCUT2D eigenvalue weighted by Crippen LogP contribution is -2.29. The molecule has 0 aromatic heterocycles. The highest BCUT2D eigenvalue weighted by atomic mass is 19.1. The predicted octanol–water partition coefficient (Wildman–Crippen LogP) is 3.46. The second-order valence-corrected chi connectivity index (χ2v) is 5.37. The monoisotopic (exact) mass is 363 g/mol. The molecule has 7 heteroatoms. The van der Waals surface area contributed by atoms with Gasteiger partial charge in [0.15, 0.2) is 6.61 Å². The van der Waals surface area contributed by atoms with Gasteiger partial charge in [-0.1, -0.05) is 24.3 Å². The highest BCUT2D eigenvalue weighted by Crippen LogP contribution is 2.22. The zero-order chi connectivity index (χ0) is 18.9. The van der Waals surface area contributed by atoms with Gasteiger partial charge in [-0.2, -0.15) is 0 Å². The molecule has 0 aliphatic heterocycles. The van der Waals surface area contributed by atoms with Crippen LogP contribution in [0.15, 0.2) is 42.5 Å². The number of alkyl carbamates (subject to hydrolysis) is 1. The molecule has 0 fully saturated rings. The molecule has 2 rings (SSSR count). The number of carbonyl (C=O) groups is 2. The average molecular weight is 363 g/mol. The molecular weight excluding hydrogens is 344 g/mol. The third kappa shape index (κ3) is 5.84. The largest absolute Gasteiger partial charge is 0.463 e. The van der Waals surface area contributed by atoms with E-state index >= 15 is 0 Å². The SMILES string of the molecule is CCOC(=O)COC(=O)NCCc1ccc(-c2ccc(F)cc2)cc1F. The molecule has 2 aromatic rings. The van der Waals surface area contributed by atoms with E-state index in [2.05, 4.69) is 14.8 Å². The Bertz CT molecular complexity index is 763. The van der Waals surface area contributed by atoms with Crippen molar-refractivity contribution in [2.75, 3.05) is 19.8 Å². The van der Waals surface area contributed by atoms with Gasteiger partial charge in [0.25, 0.3) is 0 Å². The Hall–Kier alpha value is -2.96. The van der Waals surface area contributed by atoms with Crippen LogP contribution in [-0.4, -0.2) is 31.8 Å². The van der Waals surface area contributed by atoms with Gasteiger partial charge >= 0.3 is 12.1 Å². The molecule has 0 saturated heterocycles. The fraction of sp³-hybridized carbons (Fsp3) is 0.263. The number of benzene rings is 2. The summed E-state index contributed by atoms with van der Waals surface area (Å²) in [5.74, 6) is -1.41. The van der Waals surface area contributed by atoms with Crippen molar-refractivity contribution in [3.63, 3.8) is 0 Å². The van der Waals surface area contributed by atoms with Crippen LogP contribution in [-0.2, 0) is 20.7 Å². The molecule has 0 bridgehead atoms. The highest BCUT2D eigenvalue weighted by molar-refractivity contribution is 5.75. The maximum atomic E-state index is 14.2. The molecule has 1 N–H and O–H groups in total. The lowest BCUT2D eigenvalue weighted by Gasteiger charge is -2.09. The molecule has 0 unspecified atom stereocenters. The van der Waals surface area contributed by atoms with Crippen molar-refractivity contribution in [2.45, 2.75) is 13.3 Å². The molecule has 0 atom stereocenters. The first kappa shape index (κ1) is 19.4. The summed E-state index contributed by atoms with van der Waals surface area (Å²) in [7, 11) is 0. The number of hydrogen-bond donors (Lipinski definition) is 1. The number of nitrogens with one attached hydrogen (secondary N) is 1. The normalized spacial score (nSPS) is 10.3. The van der Waals surface area contributed by atoms with Crippen LogP contribution < -0.4 is 5.32 Å². The molecule has 2 aromatic carbocycles. The van der Waals surface area contributed by atoms with Crippen LogP contribution >= 0.6 is 0 Å². The van der Waals surface area contributed by atoms with Gasteiger partial charge in [-0.25, -0.2) is 18.4 Å². The average Bonchev–Trinajstić information content (AvgIpc) is 2.62. The summed E-state index contributed by atoms with van der Waals surface area (Å²) >= 11 is 0. The van der Waals surface area contributed by atoms with E-state index in [1.165, 1.54) is 18.2 Å².